The summed E-state index contributed by atoms with van der Waals surface area (Å²) < 4.78 is 4.03. The number of nitrogens with zero attached hydrogens (tertiary/aromatic N) is 5. The fourth-order valence-electron chi connectivity index (χ4n) is 4.89. The summed E-state index contributed by atoms with van der Waals surface area (Å²) >= 11 is 2.18. The number of rotatable bonds is 7. The number of anilines is 1. The van der Waals surface area contributed by atoms with E-state index in [1.165, 1.54) is 11.8 Å². The van der Waals surface area contributed by atoms with Crippen LogP contribution in [0.2, 0.25) is 0 Å². The molecule has 4 aliphatic rings. The van der Waals surface area contributed by atoms with Gasteiger partial charge in [-0.05, 0) is 51.8 Å². The smallest absolute Gasteiger partial charge is 0.352 e. The maximum Gasteiger partial charge on any atom is 0.352 e. The zero-order valence-electron chi connectivity index (χ0n) is 22.2. The third kappa shape index (κ3) is 5.42. The van der Waals surface area contributed by atoms with E-state index in [0.29, 0.717) is 24.1 Å². The Morgan fingerprint density at radius 3 is 2.73 bits per heavy atom. The topological polar surface area (TPSA) is 192 Å². The summed E-state index contributed by atoms with van der Waals surface area (Å²) in [6, 6.07) is -0.869. The Morgan fingerprint density at radius 2 is 2.10 bits per heavy atom. The van der Waals surface area contributed by atoms with Gasteiger partial charge in [0.15, 0.2) is 5.13 Å². The number of carbonyl (C=O) groups excluding carboxylic acids is 3. The first kappa shape index (κ1) is 28.0. The summed E-state index contributed by atoms with van der Waals surface area (Å²) in [4.78, 5) is 64.1. The quantitative estimate of drug-likeness (QED) is 0.143. The molecule has 0 spiro atoms. The van der Waals surface area contributed by atoms with Gasteiger partial charge in [0, 0.05) is 42.0 Å². The molecule has 3 atom stereocenters. The van der Waals surface area contributed by atoms with Crippen LogP contribution in [0.25, 0.3) is 0 Å². The molecule has 0 unspecified atom stereocenters. The Bertz CT molecular complexity index is 1340. The van der Waals surface area contributed by atoms with Gasteiger partial charge < -0.3 is 31.2 Å². The summed E-state index contributed by atoms with van der Waals surface area (Å²) in [5.41, 5.74) is 5.45. The van der Waals surface area contributed by atoms with E-state index in [9.17, 15) is 24.3 Å². The van der Waals surface area contributed by atoms with Crippen molar-refractivity contribution in [3.05, 3.63) is 28.7 Å². The van der Waals surface area contributed by atoms with Gasteiger partial charge in [-0.25, -0.2) is 4.79 Å². The molecule has 3 saturated heterocycles. The Kier molecular flexibility index (Phi) is 7.58. The van der Waals surface area contributed by atoms with E-state index >= 15 is 0 Å². The van der Waals surface area contributed by atoms with Gasteiger partial charge in [0.05, 0.1) is 0 Å². The van der Waals surface area contributed by atoms with Gasteiger partial charge in [0.25, 0.3) is 11.8 Å². The summed E-state index contributed by atoms with van der Waals surface area (Å²) in [7, 11) is 0. The molecule has 0 radical (unpaired) electrons. The number of nitrogen functional groups attached to an aromatic ring is 1. The molecule has 3 fully saturated rings. The minimum atomic E-state index is -1.28. The maximum absolute atomic E-state index is 13.2. The van der Waals surface area contributed by atoms with Crippen molar-refractivity contribution in [3.63, 3.8) is 0 Å². The van der Waals surface area contributed by atoms with E-state index in [4.69, 9.17) is 10.6 Å². The number of fused-ring (bicyclic) bond motifs is 1. The van der Waals surface area contributed by atoms with E-state index in [2.05, 4.69) is 25.1 Å². The van der Waals surface area contributed by atoms with Crippen molar-refractivity contribution in [2.45, 2.75) is 56.7 Å². The average molecular weight is 591 g/mol. The molecule has 5 heterocycles. The molecule has 5 N–H and O–H groups in total. The zero-order valence-corrected chi connectivity index (χ0v) is 23.8. The van der Waals surface area contributed by atoms with E-state index in [1.807, 2.05) is 4.90 Å². The van der Waals surface area contributed by atoms with E-state index in [0.717, 1.165) is 35.9 Å². The number of oxime groups is 1. The first-order chi connectivity index (χ1) is 18.9. The predicted molar refractivity (Wildman–Crippen MR) is 147 cm³/mol. The molecule has 40 heavy (non-hydrogen) atoms. The van der Waals surface area contributed by atoms with Crippen LogP contribution < -0.4 is 16.4 Å². The molecule has 14 nitrogen and oxygen atoms in total. The van der Waals surface area contributed by atoms with Crippen molar-refractivity contribution in [1.29, 1.82) is 0 Å². The standard InChI is InChI=1S/C24H30N8O6S2/c1-24(2,3)38-29-14(17-28-23(25)40-30-17)18(33)27-15-20(35)32-16(22(36)37)12(10-39-21(15)32)8-11-5-7-31(19(11)34)13-4-6-26-9-13/h8,13,15,21,26H,4-7,9-10H2,1-3H3,(H,27,33)(H,36,37)(H2,25,28,30)/b11-8?,29-14-/t13-,15+,21+/m0/s1. The third-order valence-corrected chi connectivity index (χ3v) is 8.59. The number of allylic oxidation sites excluding steroid dienone is 1. The fraction of sp³-hybridized carbons (Fsp3) is 0.542. The predicted octanol–water partition coefficient (Wildman–Crippen LogP) is -0.101. The van der Waals surface area contributed by atoms with E-state index in [1.54, 1.807) is 26.8 Å². The molecule has 4 aliphatic heterocycles. The Labute approximate surface area is 238 Å². The number of carboxylic acids is 1. The van der Waals surface area contributed by atoms with Crippen LogP contribution in [-0.2, 0) is 24.0 Å². The van der Waals surface area contributed by atoms with Crippen LogP contribution >= 0.6 is 23.3 Å². The van der Waals surface area contributed by atoms with Crippen molar-refractivity contribution in [3.8, 4) is 0 Å². The SMILES string of the molecule is CC(C)(C)O/N=C(\C(=O)N[C@@H]1C(=O)N2C(C(=O)O)=C(C=C3CCN([C@H]4CCNC4)C3=O)CS[C@H]12)c1nsc(N)n1. The molecule has 0 aliphatic carbocycles. The highest BCUT2D eigenvalue weighted by atomic mass is 32.2. The zero-order chi connectivity index (χ0) is 28.8. The first-order valence-electron chi connectivity index (χ1n) is 12.7. The minimum Gasteiger partial charge on any atom is -0.477 e. The lowest BCUT2D eigenvalue weighted by atomic mass is 10.0. The number of aromatic nitrogens is 2. The molecule has 0 aromatic carbocycles. The number of nitrogens with two attached hydrogens (primary N) is 1. The molecule has 1 aromatic rings. The number of hydrogen-bond donors (Lipinski definition) is 4. The van der Waals surface area contributed by atoms with Crippen LogP contribution in [0.5, 0.6) is 0 Å². The molecule has 0 bridgehead atoms. The summed E-state index contributed by atoms with van der Waals surface area (Å²) in [5, 5.41) is 19.3. The van der Waals surface area contributed by atoms with Crippen LogP contribution in [0.3, 0.4) is 0 Å². The lowest BCUT2D eigenvalue weighted by Gasteiger charge is -2.49. The largest absolute Gasteiger partial charge is 0.477 e. The summed E-state index contributed by atoms with van der Waals surface area (Å²) in [6.45, 7) is 7.43. The number of nitrogens with one attached hydrogen (secondary N) is 2. The Morgan fingerprint density at radius 1 is 1.32 bits per heavy atom. The second-order valence-corrected chi connectivity index (χ2v) is 12.6. The fourth-order valence-corrected chi connectivity index (χ4v) is 6.63. The van der Waals surface area contributed by atoms with E-state index in [-0.39, 0.29) is 40.1 Å². The van der Waals surface area contributed by atoms with Gasteiger partial charge in [-0.1, -0.05) is 5.16 Å². The highest BCUT2D eigenvalue weighted by Gasteiger charge is 2.54. The van der Waals surface area contributed by atoms with Crippen molar-refractivity contribution in [1.82, 2.24) is 29.8 Å². The Balaban J connectivity index is 1.34. The molecular weight excluding hydrogens is 560 g/mol. The highest BCUT2D eigenvalue weighted by Crippen LogP contribution is 2.41. The second-order valence-electron chi connectivity index (χ2n) is 10.7. The Hall–Kier alpha value is -3.50. The number of thioether (sulfide) groups is 1. The first-order valence-corrected chi connectivity index (χ1v) is 14.6. The van der Waals surface area contributed by atoms with Crippen LogP contribution in [0.4, 0.5) is 5.13 Å². The van der Waals surface area contributed by atoms with Crippen molar-refractivity contribution in [2.75, 3.05) is 31.1 Å². The molecule has 5 rings (SSSR count). The molecule has 0 saturated carbocycles. The number of amides is 3. The molecule has 1 aromatic heterocycles. The number of carboxylic acid groups (broad SMARTS) is 1. The highest BCUT2D eigenvalue weighted by molar-refractivity contribution is 8.00. The third-order valence-electron chi connectivity index (χ3n) is 6.75. The van der Waals surface area contributed by atoms with Gasteiger partial charge in [-0.3, -0.25) is 19.3 Å². The van der Waals surface area contributed by atoms with Crippen LogP contribution in [0.1, 0.15) is 39.4 Å². The van der Waals surface area contributed by atoms with Gasteiger partial charge in [-0.15, -0.1) is 11.8 Å². The lowest BCUT2D eigenvalue weighted by molar-refractivity contribution is -0.150. The number of hydrogen-bond acceptors (Lipinski definition) is 12. The lowest BCUT2D eigenvalue weighted by Crippen LogP contribution is -2.71. The normalized spacial score (nSPS) is 26.3. The van der Waals surface area contributed by atoms with Crippen molar-refractivity contribution < 1.29 is 29.1 Å². The van der Waals surface area contributed by atoms with Crippen LogP contribution in [0.15, 0.2) is 28.1 Å². The van der Waals surface area contributed by atoms with Crippen LogP contribution in [0, 0.1) is 0 Å². The average Bonchev–Trinajstić information content (AvgIpc) is 3.64. The van der Waals surface area contributed by atoms with Crippen molar-refractivity contribution >= 4 is 57.8 Å². The van der Waals surface area contributed by atoms with Crippen molar-refractivity contribution in [2.24, 2.45) is 5.16 Å². The number of carbonyl (C=O) groups is 4. The van der Waals surface area contributed by atoms with Gasteiger partial charge in [0.2, 0.25) is 17.4 Å². The second kappa shape index (κ2) is 10.8. The van der Waals surface area contributed by atoms with E-state index < -0.39 is 34.8 Å². The number of β-lactam (4-membered cyclic amide) rings is 1. The number of aliphatic carboxylic acids is 1. The minimum absolute atomic E-state index is 0.0483. The maximum atomic E-state index is 13.2. The molecule has 16 heteroatoms. The van der Waals surface area contributed by atoms with Crippen LogP contribution in [-0.4, -0.2) is 102 Å². The molecule has 3 amide bonds. The summed E-state index contributed by atoms with van der Waals surface area (Å²) in [6.07, 6.45) is 3.01. The number of likely N-dealkylation sites (tertiary alicyclic amines) is 1. The van der Waals surface area contributed by atoms with Gasteiger partial charge >= 0.3 is 5.97 Å². The monoisotopic (exact) mass is 590 g/mol. The molecule has 214 valence electrons. The molecular formula is C24H30N8O6S2. The van der Waals surface area contributed by atoms with Gasteiger partial charge in [0.1, 0.15) is 22.7 Å². The van der Waals surface area contributed by atoms with Gasteiger partial charge in [-0.2, -0.15) is 9.36 Å². The summed E-state index contributed by atoms with van der Waals surface area (Å²) in [5.74, 6) is -2.51.